The van der Waals surface area contributed by atoms with Crippen LogP contribution in [-0.2, 0) is 0 Å². The van der Waals surface area contributed by atoms with Crippen LogP contribution in [0.2, 0.25) is 0 Å². The van der Waals surface area contributed by atoms with Gasteiger partial charge in [-0.2, -0.15) is 5.10 Å². The predicted octanol–water partition coefficient (Wildman–Crippen LogP) is 2.62. The van der Waals surface area contributed by atoms with Crippen LogP contribution in [0.5, 0.6) is 0 Å². The SMILES string of the molecule is Cc1cc2c(Nc3ccc(C(=O)O)c(F)c3)nccn2n1. The summed E-state index contributed by atoms with van der Waals surface area (Å²) in [5, 5.41) is 16.0. The maximum absolute atomic E-state index is 13.7. The molecule has 0 saturated heterocycles. The molecule has 0 amide bonds. The summed E-state index contributed by atoms with van der Waals surface area (Å²) >= 11 is 0. The molecule has 0 radical (unpaired) electrons. The van der Waals surface area contributed by atoms with Gasteiger partial charge in [0, 0.05) is 18.1 Å². The van der Waals surface area contributed by atoms with Gasteiger partial charge in [0.1, 0.15) is 11.3 Å². The molecule has 2 aromatic heterocycles. The lowest BCUT2D eigenvalue weighted by atomic mass is 10.2. The van der Waals surface area contributed by atoms with E-state index in [4.69, 9.17) is 5.11 Å². The number of halogens is 1. The summed E-state index contributed by atoms with van der Waals surface area (Å²) in [4.78, 5) is 15.0. The highest BCUT2D eigenvalue weighted by Gasteiger charge is 2.11. The third kappa shape index (κ3) is 2.40. The third-order valence-electron chi connectivity index (χ3n) is 2.97. The molecule has 3 aromatic rings. The highest BCUT2D eigenvalue weighted by molar-refractivity contribution is 5.88. The summed E-state index contributed by atoms with van der Waals surface area (Å²) in [5.74, 6) is -1.59. The molecule has 0 saturated carbocycles. The third-order valence-corrected chi connectivity index (χ3v) is 2.97. The maximum Gasteiger partial charge on any atom is 0.338 e. The Balaban J connectivity index is 1.99. The van der Waals surface area contributed by atoms with E-state index in [0.717, 1.165) is 17.3 Å². The second kappa shape index (κ2) is 4.86. The molecule has 21 heavy (non-hydrogen) atoms. The number of aryl methyl sites for hydroxylation is 1. The minimum absolute atomic E-state index is 0.369. The zero-order valence-electron chi connectivity index (χ0n) is 11.0. The van der Waals surface area contributed by atoms with Crippen LogP contribution in [0.1, 0.15) is 16.1 Å². The Labute approximate surface area is 118 Å². The fourth-order valence-electron chi connectivity index (χ4n) is 2.04. The van der Waals surface area contributed by atoms with Crippen molar-refractivity contribution in [2.24, 2.45) is 0 Å². The smallest absolute Gasteiger partial charge is 0.338 e. The van der Waals surface area contributed by atoms with E-state index in [1.165, 1.54) is 12.1 Å². The zero-order valence-corrected chi connectivity index (χ0v) is 11.0. The lowest BCUT2D eigenvalue weighted by Gasteiger charge is -2.07. The van der Waals surface area contributed by atoms with Crippen LogP contribution in [0.15, 0.2) is 36.7 Å². The van der Waals surface area contributed by atoms with E-state index in [1.54, 1.807) is 16.9 Å². The summed E-state index contributed by atoms with van der Waals surface area (Å²) in [7, 11) is 0. The Hall–Kier alpha value is -2.96. The molecule has 2 heterocycles. The molecule has 0 spiro atoms. The number of fused-ring (bicyclic) bond motifs is 1. The molecular weight excluding hydrogens is 275 g/mol. The van der Waals surface area contributed by atoms with Crippen molar-refractivity contribution in [3.63, 3.8) is 0 Å². The molecule has 0 atom stereocenters. The Bertz CT molecular complexity index is 844. The number of benzene rings is 1. The van der Waals surface area contributed by atoms with Crippen molar-refractivity contribution >= 4 is 23.0 Å². The molecule has 0 unspecified atom stereocenters. The van der Waals surface area contributed by atoms with Gasteiger partial charge < -0.3 is 10.4 Å². The van der Waals surface area contributed by atoms with E-state index in [0.29, 0.717) is 11.5 Å². The van der Waals surface area contributed by atoms with Gasteiger partial charge in [-0.3, -0.25) is 0 Å². The van der Waals surface area contributed by atoms with Gasteiger partial charge in [0.15, 0.2) is 5.82 Å². The number of hydrogen-bond acceptors (Lipinski definition) is 4. The number of anilines is 2. The molecule has 0 bridgehead atoms. The molecule has 6 nitrogen and oxygen atoms in total. The predicted molar refractivity (Wildman–Crippen MR) is 74.4 cm³/mol. The van der Waals surface area contributed by atoms with E-state index in [1.807, 2.05) is 13.0 Å². The van der Waals surface area contributed by atoms with Crippen molar-refractivity contribution in [3.8, 4) is 0 Å². The largest absolute Gasteiger partial charge is 0.478 e. The Kier molecular flexibility index (Phi) is 3.02. The topological polar surface area (TPSA) is 79.5 Å². The highest BCUT2D eigenvalue weighted by atomic mass is 19.1. The summed E-state index contributed by atoms with van der Waals surface area (Å²) in [6, 6.07) is 5.66. The fourth-order valence-corrected chi connectivity index (χ4v) is 2.04. The average molecular weight is 286 g/mol. The van der Waals surface area contributed by atoms with Gasteiger partial charge in [-0.05, 0) is 31.2 Å². The number of nitrogens with one attached hydrogen (secondary N) is 1. The number of aromatic carboxylic acids is 1. The van der Waals surface area contributed by atoms with Crippen molar-refractivity contribution in [3.05, 3.63) is 53.7 Å². The second-order valence-corrected chi connectivity index (χ2v) is 4.52. The zero-order chi connectivity index (χ0) is 15.0. The Morgan fingerprint density at radius 3 is 2.90 bits per heavy atom. The van der Waals surface area contributed by atoms with Crippen LogP contribution in [0, 0.1) is 12.7 Å². The summed E-state index contributed by atoms with van der Waals surface area (Å²) in [6.45, 7) is 1.86. The first-order chi connectivity index (χ1) is 10.0. The summed E-state index contributed by atoms with van der Waals surface area (Å²) < 4.78 is 15.3. The number of aromatic nitrogens is 3. The van der Waals surface area contributed by atoms with Crippen molar-refractivity contribution in [1.29, 1.82) is 0 Å². The van der Waals surface area contributed by atoms with Crippen LogP contribution in [0.4, 0.5) is 15.9 Å². The Morgan fingerprint density at radius 1 is 1.38 bits per heavy atom. The quantitative estimate of drug-likeness (QED) is 0.773. The molecule has 0 aliphatic carbocycles. The van der Waals surface area contributed by atoms with E-state index < -0.39 is 11.8 Å². The number of rotatable bonds is 3. The van der Waals surface area contributed by atoms with Crippen LogP contribution < -0.4 is 5.32 Å². The monoisotopic (exact) mass is 286 g/mol. The van der Waals surface area contributed by atoms with Crippen molar-refractivity contribution in [1.82, 2.24) is 14.6 Å². The van der Waals surface area contributed by atoms with E-state index in [-0.39, 0.29) is 5.56 Å². The molecule has 0 fully saturated rings. The van der Waals surface area contributed by atoms with Crippen LogP contribution in [0.3, 0.4) is 0 Å². The lowest BCUT2D eigenvalue weighted by Crippen LogP contribution is -2.02. The molecule has 7 heteroatoms. The number of nitrogens with zero attached hydrogens (tertiary/aromatic N) is 3. The average Bonchev–Trinajstić information content (AvgIpc) is 2.80. The number of carboxylic acids is 1. The minimum Gasteiger partial charge on any atom is -0.478 e. The van der Waals surface area contributed by atoms with Gasteiger partial charge in [-0.15, -0.1) is 0 Å². The van der Waals surface area contributed by atoms with Gasteiger partial charge in [0.05, 0.1) is 11.3 Å². The fraction of sp³-hybridized carbons (Fsp3) is 0.0714. The molecule has 106 valence electrons. The van der Waals surface area contributed by atoms with Gasteiger partial charge in [-0.25, -0.2) is 18.7 Å². The van der Waals surface area contributed by atoms with E-state index in [2.05, 4.69) is 15.4 Å². The number of carboxylic acid groups (broad SMARTS) is 1. The standard InChI is InChI=1S/C14H11FN4O2/c1-8-6-12-13(16-4-5-19(12)18-8)17-9-2-3-10(14(20)21)11(15)7-9/h2-7H,1H3,(H,16,17)(H,20,21). The second-order valence-electron chi connectivity index (χ2n) is 4.52. The Morgan fingerprint density at radius 2 is 2.19 bits per heavy atom. The molecular formula is C14H11FN4O2. The molecule has 0 aliphatic heterocycles. The van der Waals surface area contributed by atoms with E-state index >= 15 is 0 Å². The van der Waals surface area contributed by atoms with Gasteiger partial charge in [0.25, 0.3) is 0 Å². The normalized spacial score (nSPS) is 10.8. The molecule has 1 aromatic carbocycles. The van der Waals surface area contributed by atoms with Crippen molar-refractivity contribution in [2.45, 2.75) is 6.92 Å². The maximum atomic E-state index is 13.7. The van der Waals surface area contributed by atoms with Gasteiger partial charge >= 0.3 is 5.97 Å². The van der Waals surface area contributed by atoms with Gasteiger partial charge in [-0.1, -0.05) is 0 Å². The summed E-state index contributed by atoms with van der Waals surface area (Å²) in [6.07, 6.45) is 3.28. The highest BCUT2D eigenvalue weighted by Crippen LogP contribution is 2.22. The van der Waals surface area contributed by atoms with E-state index in [9.17, 15) is 9.18 Å². The number of carbonyl (C=O) groups is 1. The molecule has 2 N–H and O–H groups in total. The number of hydrogen-bond donors (Lipinski definition) is 2. The van der Waals surface area contributed by atoms with Crippen LogP contribution in [-0.4, -0.2) is 25.7 Å². The first-order valence-electron chi connectivity index (χ1n) is 6.15. The van der Waals surface area contributed by atoms with Crippen molar-refractivity contribution < 1.29 is 14.3 Å². The van der Waals surface area contributed by atoms with Crippen LogP contribution in [0.25, 0.3) is 5.52 Å². The minimum atomic E-state index is -1.30. The molecule has 0 aliphatic rings. The van der Waals surface area contributed by atoms with Crippen molar-refractivity contribution in [2.75, 3.05) is 5.32 Å². The van der Waals surface area contributed by atoms with Gasteiger partial charge in [0.2, 0.25) is 0 Å². The molecule has 3 rings (SSSR count). The first-order valence-corrected chi connectivity index (χ1v) is 6.15. The summed E-state index contributed by atoms with van der Waals surface area (Å²) in [5.41, 5.74) is 1.63. The van der Waals surface area contributed by atoms with Crippen LogP contribution >= 0.6 is 0 Å². The lowest BCUT2D eigenvalue weighted by molar-refractivity contribution is 0.0692. The first kappa shape index (κ1) is 13.0.